The standard InChI is InChI=1S/C13H15ClF2N4O/c1-2-9-11(21)18-8-6-17-12(14)19-10(8)20(9)7-3-4-13(15,16)5-7/h6-7,9H,2-5H2,1H3,(H,18,21)/t7-,9-/m1/s1. The molecule has 0 aromatic carbocycles. The summed E-state index contributed by atoms with van der Waals surface area (Å²) in [6.45, 7) is 1.85. The van der Waals surface area contributed by atoms with Crippen LogP contribution in [0.5, 0.6) is 0 Å². The van der Waals surface area contributed by atoms with Crippen LogP contribution in [0.4, 0.5) is 20.3 Å². The van der Waals surface area contributed by atoms with Crippen molar-refractivity contribution in [3.63, 3.8) is 0 Å². The zero-order valence-electron chi connectivity index (χ0n) is 11.4. The SMILES string of the molecule is CC[C@@H]1C(=O)Nc2cnc(Cl)nc2N1[C@@H]1CCC(F)(F)C1. The molecule has 0 saturated heterocycles. The fourth-order valence-electron chi connectivity index (χ4n) is 3.10. The molecule has 1 saturated carbocycles. The zero-order valence-corrected chi connectivity index (χ0v) is 12.2. The van der Waals surface area contributed by atoms with Crippen molar-refractivity contribution < 1.29 is 13.6 Å². The summed E-state index contributed by atoms with van der Waals surface area (Å²) < 4.78 is 27.1. The van der Waals surface area contributed by atoms with E-state index >= 15 is 0 Å². The molecule has 1 aromatic rings. The molecular formula is C13H15ClF2N4O. The number of hydrogen-bond acceptors (Lipinski definition) is 4. The summed E-state index contributed by atoms with van der Waals surface area (Å²) in [5, 5.41) is 2.75. The lowest BCUT2D eigenvalue weighted by Crippen LogP contribution is -2.52. The van der Waals surface area contributed by atoms with E-state index in [-0.39, 0.29) is 24.0 Å². The molecule has 0 unspecified atom stereocenters. The van der Waals surface area contributed by atoms with E-state index < -0.39 is 18.0 Å². The van der Waals surface area contributed by atoms with Crippen LogP contribution in [0.1, 0.15) is 32.6 Å². The Kier molecular flexibility index (Phi) is 3.47. The van der Waals surface area contributed by atoms with Crippen molar-refractivity contribution in [3.05, 3.63) is 11.5 Å². The summed E-state index contributed by atoms with van der Waals surface area (Å²) in [5.41, 5.74) is 0.421. The number of nitrogens with one attached hydrogen (secondary N) is 1. The van der Waals surface area contributed by atoms with Gasteiger partial charge in [-0.2, -0.15) is 4.98 Å². The number of rotatable bonds is 2. The Balaban J connectivity index is 2.03. The van der Waals surface area contributed by atoms with E-state index in [2.05, 4.69) is 15.3 Å². The number of aromatic nitrogens is 2. The molecular weight excluding hydrogens is 302 g/mol. The second-order valence-electron chi connectivity index (χ2n) is 5.45. The van der Waals surface area contributed by atoms with Gasteiger partial charge in [0, 0.05) is 18.9 Å². The molecule has 1 fully saturated rings. The largest absolute Gasteiger partial charge is 0.339 e. The third kappa shape index (κ3) is 2.54. The molecule has 114 valence electrons. The number of nitrogens with zero attached hydrogens (tertiary/aromatic N) is 3. The number of carbonyl (C=O) groups excluding carboxylic acids is 1. The smallest absolute Gasteiger partial charge is 0.250 e. The van der Waals surface area contributed by atoms with E-state index in [1.807, 2.05) is 6.92 Å². The lowest BCUT2D eigenvalue weighted by Gasteiger charge is -2.40. The first-order valence-corrected chi connectivity index (χ1v) is 7.28. The molecule has 0 spiro atoms. The highest BCUT2D eigenvalue weighted by atomic mass is 35.5. The second-order valence-corrected chi connectivity index (χ2v) is 5.79. The molecule has 2 aliphatic rings. The topological polar surface area (TPSA) is 58.1 Å². The van der Waals surface area contributed by atoms with Crippen LogP contribution in [-0.2, 0) is 4.79 Å². The Bertz CT molecular complexity index is 583. The highest BCUT2D eigenvalue weighted by Crippen LogP contribution is 2.42. The maximum Gasteiger partial charge on any atom is 0.250 e. The molecule has 1 aliphatic carbocycles. The molecule has 0 radical (unpaired) electrons. The van der Waals surface area contributed by atoms with Gasteiger partial charge >= 0.3 is 0 Å². The van der Waals surface area contributed by atoms with E-state index in [9.17, 15) is 13.6 Å². The fraction of sp³-hybridized carbons (Fsp3) is 0.615. The third-order valence-electron chi connectivity index (χ3n) is 4.04. The normalized spacial score (nSPS) is 27.4. The van der Waals surface area contributed by atoms with Gasteiger partial charge < -0.3 is 10.2 Å². The van der Waals surface area contributed by atoms with Gasteiger partial charge in [0.25, 0.3) is 0 Å². The highest BCUT2D eigenvalue weighted by Gasteiger charge is 2.46. The molecule has 1 aliphatic heterocycles. The predicted octanol–water partition coefficient (Wildman–Crippen LogP) is 2.85. The van der Waals surface area contributed by atoms with Crippen LogP contribution < -0.4 is 10.2 Å². The minimum Gasteiger partial charge on any atom is -0.339 e. The van der Waals surface area contributed by atoms with Crippen LogP contribution in [0.2, 0.25) is 5.28 Å². The van der Waals surface area contributed by atoms with Crippen LogP contribution in [0.3, 0.4) is 0 Å². The van der Waals surface area contributed by atoms with Gasteiger partial charge in [0.2, 0.25) is 17.1 Å². The maximum absolute atomic E-state index is 13.5. The second kappa shape index (κ2) is 5.05. The summed E-state index contributed by atoms with van der Waals surface area (Å²) >= 11 is 5.82. The number of anilines is 2. The minimum absolute atomic E-state index is 0.0366. The van der Waals surface area contributed by atoms with Crippen molar-refractivity contribution in [1.29, 1.82) is 0 Å². The molecule has 8 heteroatoms. The Morgan fingerprint density at radius 1 is 1.57 bits per heavy atom. The lowest BCUT2D eigenvalue weighted by atomic mass is 10.0. The van der Waals surface area contributed by atoms with Gasteiger partial charge in [-0.3, -0.25) is 4.79 Å². The number of hydrogen-bond donors (Lipinski definition) is 1. The molecule has 1 N–H and O–H groups in total. The Morgan fingerprint density at radius 2 is 2.33 bits per heavy atom. The Labute approximate surface area is 125 Å². The molecule has 2 heterocycles. The molecule has 2 atom stereocenters. The minimum atomic E-state index is -2.69. The predicted molar refractivity (Wildman–Crippen MR) is 74.8 cm³/mol. The van der Waals surface area contributed by atoms with Gasteiger partial charge in [0.05, 0.1) is 6.20 Å². The average molecular weight is 317 g/mol. The van der Waals surface area contributed by atoms with Crippen molar-refractivity contribution in [2.75, 3.05) is 10.2 Å². The lowest BCUT2D eigenvalue weighted by molar-refractivity contribution is -0.118. The molecule has 1 aromatic heterocycles. The Morgan fingerprint density at radius 3 is 2.95 bits per heavy atom. The summed E-state index contributed by atoms with van der Waals surface area (Å²) in [5.74, 6) is -2.47. The summed E-state index contributed by atoms with van der Waals surface area (Å²) in [6.07, 6.45) is 1.82. The molecule has 1 amide bonds. The van der Waals surface area contributed by atoms with Crippen molar-refractivity contribution in [1.82, 2.24) is 9.97 Å². The van der Waals surface area contributed by atoms with Crippen LogP contribution in [0.15, 0.2) is 6.20 Å². The van der Waals surface area contributed by atoms with E-state index in [4.69, 9.17) is 11.6 Å². The fourth-order valence-corrected chi connectivity index (χ4v) is 3.23. The third-order valence-corrected chi connectivity index (χ3v) is 4.22. The van der Waals surface area contributed by atoms with Crippen molar-refractivity contribution in [2.24, 2.45) is 0 Å². The van der Waals surface area contributed by atoms with Crippen LogP contribution >= 0.6 is 11.6 Å². The first-order valence-electron chi connectivity index (χ1n) is 6.91. The van der Waals surface area contributed by atoms with Gasteiger partial charge in [-0.15, -0.1) is 0 Å². The number of halogens is 3. The zero-order chi connectivity index (χ0) is 15.2. The van der Waals surface area contributed by atoms with E-state index in [1.54, 1.807) is 4.90 Å². The van der Waals surface area contributed by atoms with Gasteiger partial charge in [0.15, 0.2) is 5.82 Å². The van der Waals surface area contributed by atoms with E-state index in [0.717, 1.165) is 0 Å². The van der Waals surface area contributed by atoms with Crippen molar-refractivity contribution in [3.8, 4) is 0 Å². The number of alkyl halides is 2. The van der Waals surface area contributed by atoms with Gasteiger partial charge in [-0.1, -0.05) is 6.92 Å². The van der Waals surface area contributed by atoms with Crippen molar-refractivity contribution >= 4 is 29.0 Å². The number of fused-ring (bicyclic) bond motifs is 1. The molecule has 5 nitrogen and oxygen atoms in total. The van der Waals surface area contributed by atoms with Crippen LogP contribution in [0, 0.1) is 0 Å². The number of carbonyl (C=O) groups is 1. The first kappa shape index (κ1) is 14.4. The molecule has 3 rings (SSSR count). The van der Waals surface area contributed by atoms with Crippen molar-refractivity contribution in [2.45, 2.75) is 50.6 Å². The summed E-state index contributed by atoms with van der Waals surface area (Å²) in [7, 11) is 0. The number of amides is 1. The van der Waals surface area contributed by atoms with Crippen LogP contribution in [-0.4, -0.2) is 33.9 Å². The molecule has 21 heavy (non-hydrogen) atoms. The summed E-state index contributed by atoms with van der Waals surface area (Å²) in [4.78, 5) is 21.8. The van der Waals surface area contributed by atoms with E-state index in [1.165, 1.54) is 6.20 Å². The quantitative estimate of drug-likeness (QED) is 0.852. The van der Waals surface area contributed by atoms with Gasteiger partial charge in [0.1, 0.15) is 11.7 Å². The van der Waals surface area contributed by atoms with Gasteiger partial charge in [-0.05, 0) is 24.4 Å². The average Bonchev–Trinajstić information content (AvgIpc) is 2.77. The van der Waals surface area contributed by atoms with Crippen LogP contribution in [0.25, 0.3) is 0 Å². The Hall–Kier alpha value is -1.50. The first-order chi connectivity index (χ1) is 9.91. The maximum atomic E-state index is 13.5. The van der Waals surface area contributed by atoms with Gasteiger partial charge in [-0.25, -0.2) is 13.8 Å². The van der Waals surface area contributed by atoms with E-state index in [0.29, 0.717) is 24.3 Å². The highest BCUT2D eigenvalue weighted by molar-refractivity contribution is 6.28. The molecule has 0 bridgehead atoms. The summed E-state index contributed by atoms with van der Waals surface area (Å²) in [6, 6.07) is -0.928. The monoisotopic (exact) mass is 316 g/mol.